The van der Waals surface area contributed by atoms with E-state index >= 15 is 0 Å². The zero-order chi connectivity index (χ0) is 0. The van der Waals surface area contributed by atoms with E-state index in [1.54, 1.807) is 0 Å². The molecule has 64 valence electrons. The van der Waals surface area contributed by atoms with Crippen LogP contribution in [0.15, 0.2) is 0 Å². The zero-order valence-corrected chi connectivity index (χ0v) is 74.6. The average Bonchev–Trinajstić information content (AvgIpc) is 0. The Labute approximate surface area is 479 Å². The van der Waals surface area contributed by atoms with Crippen LogP contribution in [0.1, 0.15) is 0 Å². The summed E-state index contributed by atoms with van der Waals surface area (Å²) in [5, 5.41) is 0. The van der Waals surface area contributed by atoms with Crippen LogP contribution in [-0.4, -0.2) is 0 Å². The summed E-state index contributed by atoms with van der Waals surface area (Å²) in [5.41, 5.74) is 0. The van der Waals surface area contributed by atoms with Crippen LogP contribution in [0.2, 0.25) is 0 Å². The maximum atomic E-state index is 0. The Morgan fingerprint density at radius 1 is 0.0625 bits per heavy atom. The molecule has 0 aromatic carbocycles. The largest absolute Gasteiger partial charge is 0 e. The first-order valence-corrected chi connectivity index (χ1v) is 0. The van der Waals surface area contributed by atoms with Gasteiger partial charge in [0.2, 0.25) is 0 Å². The molecule has 0 saturated carbocycles. The van der Waals surface area contributed by atoms with Crippen LogP contribution in [0.5, 0.6) is 0 Å². The molecular formula is U16. The van der Waals surface area contributed by atoms with E-state index in [2.05, 4.69) is 0 Å². The average molecular weight is 3810 g/mol. The van der Waals surface area contributed by atoms with E-state index in [-0.39, 0.29) is 498 Å². The van der Waals surface area contributed by atoms with Crippen molar-refractivity contribution in [2.45, 2.75) is 0 Å². The fraction of sp³-hybridized carbons (Fsp3) is 0. The molecule has 0 aliphatic rings. The van der Waals surface area contributed by atoms with Crippen molar-refractivity contribution in [3.63, 3.8) is 0 Å². The summed E-state index contributed by atoms with van der Waals surface area (Å²) < 4.78 is 0. The van der Waals surface area contributed by atoms with Gasteiger partial charge in [-0.2, -0.15) is 0 Å². The van der Waals surface area contributed by atoms with Gasteiger partial charge in [-0.05, 0) is 0 Å². The molecule has 16 heavy (non-hydrogen) atoms. The summed E-state index contributed by atoms with van der Waals surface area (Å²) in [6.07, 6.45) is 0. The Hall–Kier alpha value is 16.8. The Morgan fingerprint density at radius 2 is 0.0625 bits per heavy atom. The van der Waals surface area contributed by atoms with Gasteiger partial charge in [0.15, 0.2) is 0 Å². The summed E-state index contributed by atoms with van der Waals surface area (Å²) in [5.74, 6) is 0. The molecule has 0 aromatic rings. The molecule has 0 saturated heterocycles. The van der Waals surface area contributed by atoms with Gasteiger partial charge in [-0.1, -0.05) is 0 Å². The van der Waals surface area contributed by atoms with Crippen LogP contribution in [0.3, 0.4) is 0 Å². The molecule has 0 unspecified atom stereocenters. The molecule has 0 rings (SSSR count). The van der Waals surface area contributed by atoms with Crippen LogP contribution in [0.4, 0.5) is 0 Å². The van der Waals surface area contributed by atoms with Gasteiger partial charge >= 0.3 is 0 Å². The summed E-state index contributed by atoms with van der Waals surface area (Å²) in [4.78, 5) is 0. The molecule has 0 aliphatic heterocycles. The van der Waals surface area contributed by atoms with Gasteiger partial charge < -0.3 is 0 Å². The molecule has 16 heteroatoms. The van der Waals surface area contributed by atoms with Crippen LogP contribution in [0.25, 0.3) is 0 Å². The standard InChI is InChI=1S/16U. The molecular weight excluding hydrogens is 3810 g/mol. The van der Waals surface area contributed by atoms with E-state index in [4.69, 9.17) is 0 Å². The molecule has 0 aliphatic carbocycles. The molecule has 0 fully saturated rings. The molecule has 0 spiro atoms. The second-order valence-electron chi connectivity index (χ2n) is 0. The van der Waals surface area contributed by atoms with Crippen LogP contribution >= 0.6 is 0 Å². The minimum Gasteiger partial charge on any atom is 0 e. The first-order valence-electron chi connectivity index (χ1n) is 0. The van der Waals surface area contributed by atoms with Crippen molar-refractivity contribution in [3.05, 3.63) is 0 Å². The molecule has 0 heterocycles. The van der Waals surface area contributed by atoms with Gasteiger partial charge in [0.05, 0.1) is 0 Å². The Bertz CT molecular complexity index is 0. The molecule has 0 amide bonds. The maximum absolute atomic E-state index is 0. The van der Waals surface area contributed by atoms with Crippen molar-refractivity contribution >= 4 is 0 Å². The predicted molar refractivity (Wildman–Crippen MR) is 0 cm³/mol. The van der Waals surface area contributed by atoms with Crippen molar-refractivity contribution in [2.75, 3.05) is 0 Å². The minimum absolute atomic E-state index is 0. The second kappa shape index (κ2) is 107. The smallest absolute Gasteiger partial charge is 0 e. The fourth-order valence-electron chi connectivity index (χ4n) is 0. The second-order valence-corrected chi connectivity index (χ2v) is 0. The third-order valence-electron chi connectivity index (χ3n) is 0. The fourth-order valence-corrected chi connectivity index (χ4v) is 0. The monoisotopic (exact) mass is 3810 g/mol. The molecule has 0 nitrogen and oxygen atoms in total. The molecule has 0 bridgehead atoms. The van der Waals surface area contributed by atoms with Crippen molar-refractivity contribution < 1.29 is 498 Å². The first kappa shape index (κ1) is 117. The van der Waals surface area contributed by atoms with E-state index in [0.717, 1.165) is 0 Å². The normalized spacial score (nSPS) is 0. The maximum Gasteiger partial charge on any atom is 0 e. The van der Waals surface area contributed by atoms with Gasteiger partial charge in [-0.15, -0.1) is 0 Å². The van der Waals surface area contributed by atoms with Crippen molar-refractivity contribution in [1.29, 1.82) is 0 Å². The first-order chi connectivity index (χ1) is 0. The summed E-state index contributed by atoms with van der Waals surface area (Å²) in [7, 11) is 0. The van der Waals surface area contributed by atoms with Gasteiger partial charge in [0, 0.05) is 498 Å². The minimum atomic E-state index is 0. The molecule has 0 atom stereocenters. The SMILES string of the molecule is [U].[U].[U].[U].[U].[U].[U].[U].[U].[U].[U].[U].[U].[U].[U].[U]. The molecule has 0 aromatic heterocycles. The number of hydrogen-bond acceptors (Lipinski definition) is 0. The van der Waals surface area contributed by atoms with Crippen molar-refractivity contribution in [1.82, 2.24) is 0 Å². The van der Waals surface area contributed by atoms with Crippen LogP contribution in [0, 0.1) is 498 Å². The number of rotatable bonds is 0. The van der Waals surface area contributed by atoms with E-state index in [1.807, 2.05) is 0 Å². The third kappa shape index (κ3) is 96.9. The van der Waals surface area contributed by atoms with Gasteiger partial charge in [0.25, 0.3) is 0 Å². The summed E-state index contributed by atoms with van der Waals surface area (Å²) in [6.45, 7) is 0. The van der Waals surface area contributed by atoms with E-state index in [1.165, 1.54) is 0 Å². The third-order valence-corrected chi connectivity index (χ3v) is 0. The van der Waals surface area contributed by atoms with Crippen molar-refractivity contribution in [2.24, 2.45) is 0 Å². The van der Waals surface area contributed by atoms with Gasteiger partial charge in [-0.3, -0.25) is 0 Å². The van der Waals surface area contributed by atoms with Gasteiger partial charge in [0.1, 0.15) is 0 Å². The van der Waals surface area contributed by atoms with E-state index < -0.39 is 0 Å². The van der Waals surface area contributed by atoms with Crippen LogP contribution in [-0.2, 0) is 0 Å². The predicted octanol–water partition coefficient (Wildman–Crippen LogP) is 0. The Balaban J connectivity index is 0. The zero-order valence-electron chi connectivity index (χ0n) is 8.00. The quantitative estimate of drug-likeness (QED) is 0.321. The topological polar surface area (TPSA) is 0 Å². The van der Waals surface area contributed by atoms with Gasteiger partial charge in [-0.25, -0.2) is 0 Å². The number of hydrogen-bond donors (Lipinski definition) is 0. The Morgan fingerprint density at radius 3 is 0.0625 bits per heavy atom. The van der Waals surface area contributed by atoms with E-state index in [0.29, 0.717) is 0 Å². The molecule has 0 N–H and O–H groups in total. The summed E-state index contributed by atoms with van der Waals surface area (Å²) >= 11 is 0. The van der Waals surface area contributed by atoms with E-state index in [9.17, 15) is 0 Å². The van der Waals surface area contributed by atoms with Crippen molar-refractivity contribution in [3.8, 4) is 0 Å². The Kier molecular flexibility index (Phi) is 784. The molecule has 0 radical (unpaired) electrons. The summed E-state index contributed by atoms with van der Waals surface area (Å²) in [6, 6.07) is 0. The van der Waals surface area contributed by atoms with Crippen LogP contribution < -0.4 is 0 Å².